The van der Waals surface area contributed by atoms with Gasteiger partial charge in [0.1, 0.15) is 12.3 Å². The van der Waals surface area contributed by atoms with E-state index in [1.807, 2.05) is 47.4 Å². The Labute approximate surface area is 147 Å². The predicted octanol–water partition coefficient (Wildman–Crippen LogP) is 1.65. The fourth-order valence-corrected chi connectivity index (χ4v) is 3.02. The molecule has 0 aliphatic carbocycles. The lowest BCUT2D eigenvalue weighted by Crippen LogP contribution is -3.13. The van der Waals surface area contributed by atoms with Crippen LogP contribution in [0.25, 0.3) is 0 Å². The van der Waals surface area contributed by atoms with E-state index in [1.165, 1.54) is 10.5 Å². The standard InChI is InChI=1S/C19H21ClN2O2/c20-17-8-6-16(7-9-17)14-21-10-12-22(13-11-21)19(23)15-24-18-4-2-1-3-5-18/h1-9H,10-15H2/p+1. The number of nitrogens with zero attached hydrogens (tertiary/aromatic N) is 1. The van der Waals surface area contributed by atoms with E-state index in [0.29, 0.717) is 0 Å². The van der Waals surface area contributed by atoms with Crippen LogP contribution in [0.5, 0.6) is 5.75 Å². The van der Waals surface area contributed by atoms with Gasteiger partial charge in [-0.25, -0.2) is 0 Å². The molecule has 1 fully saturated rings. The first-order chi connectivity index (χ1) is 11.7. The molecule has 24 heavy (non-hydrogen) atoms. The average Bonchev–Trinajstić information content (AvgIpc) is 2.63. The molecular formula is C19H22ClN2O2+. The second-order valence-corrected chi connectivity index (χ2v) is 6.47. The highest BCUT2D eigenvalue weighted by atomic mass is 35.5. The fourth-order valence-electron chi connectivity index (χ4n) is 2.89. The van der Waals surface area contributed by atoms with E-state index in [2.05, 4.69) is 12.1 Å². The van der Waals surface area contributed by atoms with Crippen molar-refractivity contribution in [1.29, 1.82) is 0 Å². The molecule has 2 aromatic carbocycles. The number of quaternary nitrogens is 1. The Bertz CT molecular complexity index is 653. The van der Waals surface area contributed by atoms with Crippen molar-refractivity contribution in [3.05, 3.63) is 65.2 Å². The molecule has 1 N–H and O–H groups in total. The normalized spacial score (nSPS) is 15.3. The molecule has 4 nitrogen and oxygen atoms in total. The minimum atomic E-state index is 0.0596. The number of rotatable bonds is 5. The first-order valence-corrected chi connectivity index (χ1v) is 8.62. The van der Waals surface area contributed by atoms with E-state index in [-0.39, 0.29) is 12.5 Å². The van der Waals surface area contributed by atoms with E-state index in [4.69, 9.17) is 16.3 Å². The molecule has 0 unspecified atom stereocenters. The van der Waals surface area contributed by atoms with Gasteiger partial charge in [0.2, 0.25) is 0 Å². The molecule has 0 aromatic heterocycles. The van der Waals surface area contributed by atoms with Gasteiger partial charge in [-0.05, 0) is 24.3 Å². The molecule has 1 saturated heterocycles. The Balaban J connectivity index is 1.42. The van der Waals surface area contributed by atoms with Crippen molar-refractivity contribution >= 4 is 17.5 Å². The number of hydrogen-bond donors (Lipinski definition) is 1. The monoisotopic (exact) mass is 345 g/mol. The molecule has 1 amide bonds. The van der Waals surface area contributed by atoms with Crippen LogP contribution in [0.4, 0.5) is 0 Å². The second kappa shape index (κ2) is 8.18. The summed E-state index contributed by atoms with van der Waals surface area (Å²) in [4.78, 5) is 15.6. The van der Waals surface area contributed by atoms with Crippen molar-refractivity contribution in [1.82, 2.24) is 4.90 Å². The molecule has 0 radical (unpaired) electrons. The molecule has 5 heteroatoms. The van der Waals surface area contributed by atoms with Crippen LogP contribution >= 0.6 is 11.6 Å². The van der Waals surface area contributed by atoms with Crippen LogP contribution < -0.4 is 9.64 Å². The Morgan fingerprint density at radius 3 is 2.38 bits per heavy atom. The predicted molar refractivity (Wildman–Crippen MR) is 94.4 cm³/mol. The van der Waals surface area contributed by atoms with Crippen LogP contribution in [0.15, 0.2) is 54.6 Å². The molecule has 1 heterocycles. The van der Waals surface area contributed by atoms with Crippen LogP contribution in [-0.4, -0.2) is 43.6 Å². The van der Waals surface area contributed by atoms with Crippen molar-refractivity contribution in [3.8, 4) is 5.75 Å². The van der Waals surface area contributed by atoms with E-state index in [9.17, 15) is 4.79 Å². The molecule has 1 aliphatic rings. The van der Waals surface area contributed by atoms with Gasteiger partial charge in [-0.3, -0.25) is 4.79 Å². The van der Waals surface area contributed by atoms with Gasteiger partial charge in [-0.1, -0.05) is 41.9 Å². The van der Waals surface area contributed by atoms with Crippen molar-refractivity contribution in [2.24, 2.45) is 0 Å². The molecule has 3 rings (SSSR count). The number of benzene rings is 2. The maximum absolute atomic E-state index is 12.3. The molecule has 0 atom stereocenters. The third-order valence-electron chi connectivity index (χ3n) is 4.30. The quantitative estimate of drug-likeness (QED) is 0.894. The number of ether oxygens (including phenoxy) is 1. The highest BCUT2D eigenvalue weighted by molar-refractivity contribution is 6.30. The third kappa shape index (κ3) is 4.73. The first kappa shape index (κ1) is 16.8. The van der Waals surface area contributed by atoms with Gasteiger partial charge in [-0.2, -0.15) is 0 Å². The number of halogens is 1. The van der Waals surface area contributed by atoms with Crippen LogP contribution in [-0.2, 0) is 11.3 Å². The van der Waals surface area contributed by atoms with E-state index in [1.54, 1.807) is 0 Å². The zero-order chi connectivity index (χ0) is 16.8. The smallest absolute Gasteiger partial charge is 0.260 e. The Morgan fingerprint density at radius 1 is 1.04 bits per heavy atom. The Kier molecular flexibility index (Phi) is 5.72. The topological polar surface area (TPSA) is 34.0 Å². The third-order valence-corrected chi connectivity index (χ3v) is 4.55. The summed E-state index contributed by atoms with van der Waals surface area (Å²) >= 11 is 5.92. The summed E-state index contributed by atoms with van der Waals surface area (Å²) < 4.78 is 5.54. The molecule has 1 aliphatic heterocycles. The molecular weight excluding hydrogens is 324 g/mol. The zero-order valence-corrected chi connectivity index (χ0v) is 14.3. The SMILES string of the molecule is O=C(COc1ccccc1)N1CC[NH+](Cc2ccc(Cl)cc2)CC1. The number of piperazine rings is 1. The minimum Gasteiger partial charge on any atom is -0.484 e. The van der Waals surface area contributed by atoms with E-state index >= 15 is 0 Å². The number of nitrogens with one attached hydrogen (secondary N) is 1. The van der Waals surface area contributed by atoms with Crippen molar-refractivity contribution < 1.29 is 14.4 Å². The van der Waals surface area contributed by atoms with Crippen LogP contribution in [0.2, 0.25) is 5.02 Å². The number of hydrogen-bond acceptors (Lipinski definition) is 2. The van der Waals surface area contributed by atoms with Gasteiger partial charge < -0.3 is 14.5 Å². The second-order valence-electron chi connectivity index (χ2n) is 6.04. The molecule has 0 bridgehead atoms. The summed E-state index contributed by atoms with van der Waals surface area (Å²) in [5, 5.41) is 0.766. The maximum atomic E-state index is 12.3. The van der Waals surface area contributed by atoms with Gasteiger partial charge in [-0.15, -0.1) is 0 Å². The summed E-state index contributed by atoms with van der Waals surface area (Å²) in [7, 11) is 0. The maximum Gasteiger partial charge on any atom is 0.260 e. The highest BCUT2D eigenvalue weighted by Gasteiger charge is 2.23. The molecule has 2 aromatic rings. The summed E-state index contributed by atoms with van der Waals surface area (Å²) in [5.41, 5.74) is 1.28. The number of carbonyl (C=O) groups excluding carboxylic acids is 1. The van der Waals surface area contributed by atoms with E-state index < -0.39 is 0 Å². The summed E-state index contributed by atoms with van der Waals surface area (Å²) in [5.74, 6) is 0.794. The van der Waals surface area contributed by atoms with Crippen LogP contribution in [0, 0.1) is 0 Å². The summed E-state index contributed by atoms with van der Waals surface area (Å²) in [6, 6.07) is 17.5. The van der Waals surface area contributed by atoms with Gasteiger partial charge in [0.15, 0.2) is 6.61 Å². The first-order valence-electron chi connectivity index (χ1n) is 8.24. The molecule has 0 spiro atoms. The van der Waals surface area contributed by atoms with Gasteiger partial charge in [0.25, 0.3) is 5.91 Å². The minimum absolute atomic E-state index is 0.0596. The lowest BCUT2D eigenvalue weighted by molar-refractivity contribution is -0.917. The molecule has 0 saturated carbocycles. The van der Waals surface area contributed by atoms with Gasteiger partial charge in [0.05, 0.1) is 26.2 Å². The van der Waals surface area contributed by atoms with Crippen molar-refractivity contribution in [2.75, 3.05) is 32.8 Å². The van der Waals surface area contributed by atoms with Crippen LogP contribution in [0.3, 0.4) is 0 Å². The van der Waals surface area contributed by atoms with E-state index in [0.717, 1.165) is 43.5 Å². The summed E-state index contributed by atoms with van der Waals surface area (Å²) in [6.45, 7) is 4.55. The van der Waals surface area contributed by atoms with Gasteiger partial charge >= 0.3 is 0 Å². The van der Waals surface area contributed by atoms with Gasteiger partial charge in [0, 0.05) is 10.6 Å². The van der Waals surface area contributed by atoms with Crippen molar-refractivity contribution in [2.45, 2.75) is 6.54 Å². The number of carbonyl (C=O) groups is 1. The number of para-hydroxylation sites is 1. The zero-order valence-electron chi connectivity index (χ0n) is 13.6. The highest BCUT2D eigenvalue weighted by Crippen LogP contribution is 2.09. The summed E-state index contributed by atoms with van der Waals surface area (Å²) in [6.07, 6.45) is 0. The number of amides is 1. The Morgan fingerprint density at radius 2 is 1.71 bits per heavy atom. The fraction of sp³-hybridized carbons (Fsp3) is 0.316. The van der Waals surface area contributed by atoms with Crippen LogP contribution in [0.1, 0.15) is 5.56 Å². The lowest BCUT2D eigenvalue weighted by atomic mass is 10.2. The molecule has 126 valence electrons. The van der Waals surface area contributed by atoms with Crippen molar-refractivity contribution in [3.63, 3.8) is 0 Å². The largest absolute Gasteiger partial charge is 0.484 e. The Hall–Kier alpha value is -2.04. The average molecular weight is 346 g/mol. The lowest BCUT2D eigenvalue weighted by Gasteiger charge is -2.32.